The smallest absolute Gasteiger partial charge is 0.335 e. The quantitative estimate of drug-likeness (QED) is 0.943. The highest BCUT2D eigenvalue weighted by Crippen LogP contribution is 2.30. The number of aromatic nitrogens is 1. The topological polar surface area (TPSA) is 59.4 Å². The summed E-state index contributed by atoms with van der Waals surface area (Å²) in [6.07, 6.45) is 3.23. The summed E-state index contributed by atoms with van der Waals surface area (Å²) in [4.78, 5) is 14.7. The van der Waals surface area contributed by atoms with E-state index in [-0.39, 0.29) is 5.56 Å². The Balaban J connectivity index is 2.26. The molecule has 0 aliphatic heterocycles. The Hall–Kier alpha value is -1.88. The van der Waals surface area contributed by atoms with Gasteiger partial charge >= 0.3 is 5.97 Å². The van der Waals surface area contributed by atoms with Gasteiger partial charge in [-0.3, -0.25) is 4.98 Å². The molecule has 1 aromatic heterocycles. The first-order valence-corrected chi connectivity index (χ1v) is 5.57. The lowest BCUT2D eigenvalue weighted by Crippen LogP contribution is -1.96. The fourth-order valence-corrected chi connectivity index (χ4v) is 1.71. The van der Waals surface area contributed by atoms with Crippen LogP contribution in [0.15, 0.2) is 47.2 Å². The number of carboxylic acids is 1. The van der Waals surface area contributed by atoms with Gasteiger partial charge in [-0.15, -0.1) is 0 Å². The molecular weight excluding hydrogens is 286 g/mol. The largest absolute Gasteiger partial charge is 0.478 e. The van der Waals surface area contributed by atoms with Crippen LogP contribution in [0.25, 0.3) is 0 Å². The Kier molecular flexibility index (Phi) is 3.39. The van der Waals surface area contributed by atoms with Crippen LogP contribution in [0.5, 0.6) is 11.5 Å². The molecule has 0 fully saturated rings. The van der Waals surface area contributed by atoms with Gasteiger partial charge in [-0.2, -0.15) is 0 Å². The van der Waals surface area contributed by atoms with Crippen molar-refractivity contribution in [2.45, 2.75) is 0 Å². The van der Waals surface area contributed by atoms with E-state index in [4.69, 9.17) is 9.84 Å². The van der Waals surface area contributed by atoms with E-state index < -0.39 is 5.97 Å². The average Bonchev–Trinajstić information content (AvgIpc) is 2.33. The molecule has 5 heteroatoms. The van der Waals surface area contributed by atoms with Crippen LogP contribution in [0.1, 0.15) is 10.4 Å². The first kappa shape index (κ1) is 11.6. The van der Waals surface area contributed by atoms with Crippen LogP contribution >= 0.6 is 15.9 Å². The zero-order valence-electron chi connectivity index (χ0n) is 8.63. The van der Waals surface area contributed by atoms with Gasteiger partial charge in [0.1, 0.15) is 11.5 Å². The third-order valence-corrected chi connectivity index (χ3v) is 2.66. The maximum atomic E-state index is 10.8. The van der Waals surface area contributed by atoms with Gasteiger partial charge in [0.15, 0.2) is 0 Å². The van der Waals surface area contributed by atoms with Crippen molar-refractivity contribution >= 4 is 21.9 Å². The Labute approximate surface area is 106 Å². The van der Waals surface area contributed by atoms with Crippen molar-refractivity contribution in [2.24, 2.45) is 0 Å². The molecule has 0 saturated heterocycles. The molecule has 0 radical (unpaired) electrons. The molecule has 2 aromatic rings. The van der Waals surface area contributed by atoms with E-state index in [2.05, 4.69) is 20.9 Å². The van der Waals surface area contributed by atoms with Crippen molar-refractivity contribution in [2.75, 3.05) is 0 Å². The Bertz CT molecular complexity index is 543. The second-order valence-electron chi connectivity index (χ2n) is 3.24. The van der Waals surface area contributed by atoms with Gasteiger partial charge in [-0.05, 0) is 46.3 Å². The summed E-state index contributed by atoms with van der Waals surface area (Å²) in [6, 6.07) is 8.10. The first-order chi connectivity index (χ1) is 8.16. The highest BCUT2D eigenvalue weighted by Gasteiger charge is 2.08. The van der Waals surface area contributed by atoms with Gasteiger partial charge in [0.05, 0.1) is 16.2 Å². The van der Waals surface area contributed by atoms with Crippen molar-refractivity contribution in [3.05, 3.63) is 52.8 Å². The van der Waals surface area contributed by atoms with Gasteiger partial charge in [0.25, 0.3) is 0 Å². The molecule has 0 bridgehead atoms. The van der Waals surface area contributed by atoms with Crippen molar-refractivity contribution in [3.63, 3.8) is 0 Å². The molecule has 1 heterocycles. The van der Waals surface area contributed by atoms with Crippen LogP contribution in [-0.2, 0) is 0 Å². The zero-order chi connectivity index (χ0) is 12.3. The molecule has 1 aromatic carbocycles. The standard InChI is InChI=1S/C12H8BrNO3/c13-10-6-8(12(15)16)3-4-11(10)17-9-2-1-5-14-7-9/h1-7H,(H,15,16). The van der Waals surface area contributed by atoms with Gasteiger partial charge in [0, 0.05) is 6.20 Å². The van der Waals surface area contributed by atoms with E-state index in [0.717, 1.165) is 0 Å². The molecule has 0 saturated carbocycles. The van der Waals surface area contributed by atoms with E-state index >= 15 is 0 Å². The molecule has 0 amide bonds. The van der Waals surface area contributed by atoms with Gasteiger partial charge in [-0.1, -0.05) is 0 Å². The third kappa shape index (κ3) is 2.82. The fourth-order valence-electron chi connectivity index (χ4n) is 1.25. The molecule has 17 heavy (non-hydrogen) atoms. The molecule has 0 spiro atoms. The molecule has 0 atom stereocenters. The van der Waals surface area contributed by atoms with Crippen LogP contribution in [0.2, 0.25) is 0 Å². The summed E-state index contributed by atoms with van der Waals surface area (Å²) in [5.41, 5.74) is 0.204. The number of halogens is 1. The van der Waals surface area contributed by atoms with Gasteiger partial charge < -0.3 is 9.84 Å². The number of carboxylic acid groups (broad SMARTS) is 1. The number of hydrogen-bond acceptors (Lipinski definition) is 3. The number of benzene rings is 1. The number of carbonyl (C=O) groups is 1. The lowest BCUT2D eigenvalue weighted by molar-refractivity contribution is 0.0697. The molecule has 4 nitrogen and oxygen atoms in total. The minimum atomic E-state index is -0.973. The van der Waals surface area contributed by atoms with Crippen LogP contribution in [0.4, 0.5) is 0 Å². The van der Waals surface area contributed by atoms with E-state index in [1.165, 1.54) is 12.1 Å². The summed E-state index contributed by atoms with van der Waals surface area (Å²) >= 11 is 3.26. The summed E-state index contributed by atoms with van der Waals surface area (Å²) in [5, 5.41) is 8.82. The fraction of sp³-hybridized carbons (Fsp3) is 0. The van der Waals surface area contributed by atoms with Crippen molar-refractivity contribution in [3.8, 4) is 11.5 Å². The highest BCUT2D eigenvalue weighted by molar-refractivity contribution is 9.10. The van der Waals surface area contributed by atoms with Gasteiger partial charge in [0.2, 0.25) is 0 Å². The normalized spacial score (nSPS) is 9.94. The minimum Gasteiger partial charge on any atom is -0.478 e. The summed E-state index contributed by atoms with van der Waals surface area (Å²) < 4.78 is 6.13. The summed E-state index contributed by atoms with van der Waals surface area (Å²) in [5.74, 6) is 0.165. The van der Waals surface area contributed by atoms with Crippen LogP contribution in [0.3, 0.4) is 0 Å². The second kappa shape index (κ2) is 4.97. The Morgan fingerprint density at radius 2 is 2.18 bits per heavy atom. The lowest BCUT2D eigenvalue weighted by Gasteiger charge is -2.07. The van der Waals surface area contributed by atoms with E-state index in [1.54, 1.807) is 30.6 Å². The van der Waals surface area contributed by atoms with Crippen molar-refractivity contribution in [1.82, 2.24) is 4.98 Å². The Morgan fingerprint density at radius 1 is 1.35 bits per heavy atom. The number of rotatable bonds is 3. The number of hydrogen-bond donors (Lipinski definition) is 1. The first-order valence-electron chi connectivity index (χ1n) is 4.77. The summed E-state index contributed by atoms with van der Waals surface area (Å²) in [6.45, 7) is 0. The van der Waals surface area contributed by atoms with Crippen LogP contribution in [0, 0.1) is 0 Å². The van der Waals surface area contributed by atoms with E-state index in [9.17, 15) is 4.79 Å². The molecule has 0 unspecified atom stereocenters. The maximum Gasteiger partial charge on any atom is 0.335 e. The molecule has 2 rings (SSSR count). The number of ether oxygens (including phenoxy) is 1. The predicted molar refractivity (Wildman–Crippen MR) is 65.4 cm³/mol. The second-order valence-corrected chi connectivity index (χ2v) is 4.10. The lowest BCUT2D eigenvalue weighted by atomic mass is 10.2. The minimum absolute atomic E-state index is 0.204. The van der Waals surface area contributed by atoms with E-state index in [1.807, 2.05) is 0 Å². The maximum absolute atomic E-state index is 10.8. The summed E-state index contributed by atoms with van der Waals surface area (Å²) in [7, 11) is 0. The van der Waals surface area contributed by atoms with Crippen LogP contribution < -0.4 is 4.74 Å². The molecule has 0 aliphatic rings. The highest BCUT2D eigenvalue weighted by atomic mass is 79.9. The van der Waals surface area contributed by atoms with E-state index in [0.29, 0.717) is 16.0 Å². The third-order valence-electron chi connectivity index (χ3n) is 2.04. The molecule has 86 valence electrons. The predicted octanol–water partition coefficient (Wildman–Crippen LogP) is 3.33. The number of pyridine rings is 1. The van der Waals surface area contributed by atoms with Crippen molar-refractivity contribution < 1.29 is 14.6 Å². The molecule has 0 aliphatic carbocycles. The zero-order valence-corrected chi connectivity index (χ0v) is 10.2. The number of aromatic carboxylic acids is 1. The van der Waals surface area contributed by atoms with Crippen molar-refractivity contribution in [1.29, 1.82) is 0 Å². The van der Waals surface area contributed by atoms with Crippen LogP contribution in [-0.4, -0.2) is 16.1 Å². The number of nitrogens with zero attached hydrogens (tertiary/aromatic N) is 1. The van der Waals surface area contributed by atoms with Gasteiger partial charge in [-0.25, -0.2) is 4.79 Å². The monoisotopic (exact) mass is 293 g/mol. The Morgan fingerprint density at radius 3 is 2.76 bits per heavy atom. The molecular formula is C12H8BrNO3. The average molecular weight is 294 g/mol. The molecule has 1 N–H and O–H groups in total. The SMILES string of the molecule is O=C(O)c1ccc(Oc2cccnc2)c(Br)c1.